The number of benzene rings is 1. The van der Waals surface area contributed by atoms with Crippen molar-refractivity contribution in [2.24, 2.45) is 11.7 Å². The van der Waals surface area contributed by atoms with Crippen molar-refractivity contribution >= 4 is 23.2 Å². The van der Waals surface area contributed by atoms with Gasteiger partial charge in [0.15, 0.2) is 0 Å². The van der Waals surface area contributed by atoms with Crippen LogP contribution in [0, 0.1) is 5.92 Å². The lowest BCUT2D eigenvalue weighted by Crippen LogP contribution is -2.43. The van der Waals surface area contributed by atoms with Gasteiger partial charge in [0.05, 0.1) is 16.1 Å². The topological polar surface area (TPSA) is 35.2 Å². The number of halogens is 2. The largest absolute Gasteiger partial charge is 0.380 e. The zero-order valence-electron chi connectivity index (χ0n) is 11.9. The molecule has 1 saturated carbocycles. The second kappa shape index (κ2) is 7.65. The van der Waals surface area contributed by atoms with Gasteiger partial charge < -0.3 is 10.5 Å². The molecule has 20 heavy (non-hydrogen) atoms. The summed E-state index contributed by atoms with van der Waals surface area (Å²) >= 11 is 12.3. The first kappa shape index (κ1) is 16.1. The summed E-state index contributed by atoms with van der Waals surface area (Å²) < 4.78 is 5.69. The van der Waals surface area contributed by atoms with Crippen LogP contribution in [0.1, 0.15) is 37.7 Å². The van der Waals surface area contributed by atoms with Crippen molar-refractivity contribution in [2.75, 3.05) is 7.11 Å². The van der Waals surface area contributed by atoms with E-state index < -0.39 is 0 Å². The van der Waals surface area contributed by atoms with Crippen molar-refractivity contribution in [2.45, 2.75) is 50.7 Å². The van der Waals surface area contributed by atoms with E-state index in [0.29, 0.717) is 22.4 Å². The van der Waals surface area contributed by atoms with Crippen LogP contribution >= 0.6 is 23.2 Å². The van der Waals surface area contributed by atoms with Crippen molar-refractivity contribution in [3.05, 3.63) is 33.8 Å². The molecule has 0 radical (unpaired) electrons. The summed E-state index contributed by atoms with van der Waals surface area (Å²) in [7, 11) is 1.76. The molecule has 2 N–H and O–H groups in total. The molecule has 112 valence electrons. The fraction of sp³-hybridized carbons (Fsp3) is 0.625. The van der Waals surface area contributed by atoms with Gasteiger partial charge >= 0.3 is 0 Å². The maximum Gasteiger partial charge on any atom is 0.0753 e. The molecule has 0 aromatic heterocycles. The van der Waals surface area contributed by atoms with Crippen LogP contribution in [0.2, 0.25) is 10.0 Å². The second-order valence-electron chi connectivity index (χ2n) is 5.68. The minimum atomic E-state index is -0.0425. The van der Waals surface area contributed by atoms with Crippen LogP contribution in [0.3, 0.4) is 0 Å². The Kier molecular flexibility index (Phi) is 6.16. The fourth-order valence-electron chi connectivity index (χ4n) is 3.26. The third-order valence-electron chi connectivity index (χ3n) is 4.30. The molecule has 4 heteroatoms. The summed E-state index contributed by atoms with van der Waals surface area (Å²) in [4.78, 5) is 0. The number of hydrogen-bond donors (Lipinski definition) is 1. The smallest absolute Gasteiger partial charge is 0.0753 e. The maximum atomic E-state index is 6.38. The van der Waals surface area contributed by atoms with Gasteiger partial charge in [-0.1, -0.05) is 54.6 Å². The van der Waals surface area contributed by atoms with Gasteiger partial charge in [0.2, 0.25) is 0 Å². The number of rotatable bonds is 5. The molecule has 0 heterocycles. The average Bonchev–Trinajstić information content (AvgIpc) is 2.46. The minimum absolute atomic E-state index is 0.0425. The molecule has 0 amide bonds. The number of methoxy groups -OCH3 is 1. The van der Waals surface area contributed by atoms with Crippen molar-refractivity contribution < 1.29 is 4.74 Å². The lowest BCUT2D eigenvalue weighted by Gasteiger charge is -2.33. The number of hydrogen-bond acceptors (Lipinski definition) is 2. The predicted molar refractivity (Wildman–Crippen MR) is 85.5 cm³/mol. The highest BCUT2D eigenvalue weighted by molar-refractivity contribution is 6.42. The van der Waals surface area contributed by atoms with E-state index in [1.54, 1.807) is 13.2 Å². The van der Waals surface area contributed by atoms with E-state index in [0.717, 1.165) is 5.56 Å². The lowest BCUT2D eigenvalue weighted by molar-refractivity contribution is 0.0179. The van der Waals surface area contributed by atoms with Gasteiger partial charge in [0, 0.05) is 13.2 Å². The molecule has 1 aromatic rings. The molecular formula is C16H23Cl2NO. The highest BCUT2D eigenvalue weighted by Gasteiger charge is 2.29. The third-order valence-corrected chi connectivity index (χ3v) is 5.15. The SMILES string of the molecule is COC(C(N)Cc1cccc(Cl)c1Cl)C1CCCCC1. The summed E-state index contributed by atoms with van der Waals surface area (Å²) in [5.41, 5.74) is 7.39. The Hall–Kier alpha value is -0.280. The van der Waals surface area contributed by atoms with E-state index in [2.05, 4.69) is 0 Å². The maximum absolute atomic E-state index is 6.38. The average molecular weight is 316 g/mol. The van der Waals surface area contributed by atoms with Gasteiger partial charge in [0.25, 0.3) is 0 Å². The Labute approximate surface area is 131 Å². The lowest BCUT2D eigenvalue weighted by atomic mass is 9.81. The van der Waals surface area contributed by atoms with Crippen molar-refractivity contribution in [3.8, 4) is 0 Å². The molecule has 2 unspecified atom stereocenters. The summed E-state index contributed by atoms with van der Waals surface area (Å²) in [6, 6.07) is 5.66. The number of ether oxygens (including phenoxy) is 1. The first-order valence-corrected chi connectivity index (χ1v) is 8.10. The first-order chi connectivity index (χ1) is 9.63. The third kappa shape index (κ3) is 3.88. The van der Waals surface area contributed by atoms with E-state index in [4.69, 9.17) is 33.7 Å². The summed E-state index contributed by atoms with van der Waals surface area (Å²) in [6.45, 7) is 0. The van der Waals surface area contributed by atoms with Crippen molar-refractivity contribution in [3.63, 3.8) is 0 Å². The van der Waals surface area contributed by atoms with Crippen LogP contribution in [0.5, 0.6) is 0 Å². The van der Waals surface area contributed by atoms with Gasteiger partial charge in [-0.05, 0) is 36.8 Å². The van der Waals surface area contributed by atoms with Gasteiger partial charge in [-0.15, -0.1) is 0 Å². The molecule has 1 fully saturated rings. The van der Waals surface area contributed by atoms with Crippen LogP contribution in [-0.4, -0.2) is 19.3 Å². The highest BCUT2D eigenvalue weighted by atomic mass is 35.5. The molecule has 1 aliphatic rings. The summed E-state index contributed by atoms with van der Waals surface area (Å²) in [6.07, 6.45) is 7.15. The highest BCUT2D eigenvalue weighted by Crippen LogP contribution is 2.31. The molecule has 1 aliphatic carbocycles. The van der Waals surface area contributed by atoms with E-state index in [-0.39, 0.29) is 12.1 Å². The standard InChI is InChI=1S/C16H23Cl2NO/c1-20-16(11-6-3-2-4-7-11)14(19)10-12-8-5-9-13(17)15(12)18/h5,8-9,11,14,16H,2-4,6-7,10,19H2,1H3. The first-order valence-electron chi connectivity index (χ1n) is 7.34. The van der Waals surface area contributed by atoms with E-state index >= 15 is 0 Å². The Balaban J connectivity index is 2.04. The van der Waals surface area contributed by atoms with Crippen LogP contribution in [-0.2, 0) is 11.2 Å². The zero-order valence-corrected chi connectivity index (χ0v) is 13.5. The van der Waals surface area contributed by atoms with Crippen molar-refractivity contribution in [1.82, 2.24) is 0 Å². The zero-order chi connectivity index (χ0) is 14.5. The van der Waals surface area contributed by atoms with Crippen LogP contribution in [0.25, 0.3) is 0 Å². The van der Waals surface area contributed by atoms with Gasteiger partial charge in [-0.25, -0.2) is 0 Å². The van der Waals surface area contributed by atoms with E-state index in [1.165, 1.54) is 32.1 Å². The molecule has 2 nitrogen and oxygen atoms in total. The predicted octanol–water partition coefficient (Wildman–Crippen LogP) is 4.46. The molecule has 0 aliphatic heterocycles. The van der Waals surface area contributed by atoms with Gasteiger partial charge in [0.1, 0.15) is 0 Å². The Bertz CT molecular complexity index is 432. The minimum Gasteiger partial charge on any atom is -0.380 e. The van der Waals surface area contributed by atoms with Crippen LogP contribution in [0.4, 0.5) is 0 Å². The molecule has 2 rings (SSSR count). The second-order valence-corrected chi connectivity index (χ2v) is 6.46. The van der Waals surface area contributed by atoms with E-state index in [1.807, 2.05) is 12.1 Å². The Morgan fingerprint density at radius 3 is 2.60 bits per heavy atom. The summed E-state index contributed by atoms with van der Waals surface area (Å²) in [5.74, 6) is 0.571. The van der Waals surface area contributed by atoms with E-state index in [9.17, 15) is 0 Å². The molecular weight excluding hydrogens is 293 g/mol. The van der Waals surface area contributed by atoms with Gasteiger partial charge in [-0.2, -0.15) is 0 Å². The normalized spacial score (nSPS) is 19.8. The van der Waals surface area contributed by atoms with Crippen LogP contribution < -0.4 is 5.73 Å². The Morgan fingerprint density at radius 1 is 1.25 bits per heavy atom. The van der Waals surface area contributed by atoms with Crippen molar-refractivity contribution in [1.29, 1.82) is 0 Å². The quantitative estimate of drug-likeness (QED) is 0.870. The molecule has 0 spiro atoms. The molecule has 0 bridgehead atoms. The molecule has 2 atom stereocenters. The van der Waals surface area contributed by atoms with Crippen LogP contribution in [0.15, 0.2) is 18.2 Å². The summed E-state index contributed by atoms with van der Waals surface area (Å²) in [5, 5.41) is 1.20. The Morgan fingerprint density at radius 2 is 1.95 bits per heavy atom. The molecule has 1 aromatic carbocycles. The number of nitrogens with two attached hydrogens (primary N) is 1. The van der Waals surface area contributed by atoms with Gasteiger partial charge in [-0.3, -0.25) is 0 Å². The monoisotopic (exact) mass is 315 g/mol. The fourth-order valence-corrected chi connectivity index (χ4v) is 3.65. The molecule has 0 saturated heterocycles.